The van der Waals surface area contributed by atoms with Crippen LogP contribution in [0.25, 0.3) is 6.08 Å². The Labute approximate surface area is 198 Å². The Morgan fingerprint density at radius 3 is 2.79 bits per heavy atom. The molecule has 1 aliphatic rings. The zero-order valence-corrected chi connectivity index (χ0v) is 19.7. The topological polar surface area (TPSA) is 90.1 Å². The molecule has 0 amide bonds. The summed E-state index contributed by atoms with van der Waals surface area (Å²) in [7, 11) is 1.53. The number of rotatable bonds is 5. The number of hydrogen-bond donors (Lipinski definition) is 1. The highest BCUT2D eigenvalue weighted by molar-refractivity contribution is 7.07. The number of aromatic hydroxyl groups is 1. The van der Waals surface area contributed by atoms with Gasteiger partial charge in [0.05, 0.1) is 29.5 Å². The molecule has 2 aromatic carbocycles. The van der Waals surface area contributed by atoms with E-state index in [0.29, 0.717) is 36.9 Å². The fraction of sp³-hybridized carbons (Fsp3) is 0.208. The Morgan fingerprint density at radius 1 is 1.30 bits per heavy atom. The lowest BCUT2D eigenvalue weighted by atomic mass is 9.95. The third kappa shape index (κ3) is 4.19. The number of methoxy groups -OCH3 is 1. The number of phenols is 1. The number of esters is 1. The summed E-state index contributed by atoms with van der Waals surface area (Å²) in [5, 5.41) is 10.6. The summed E-state index contributed by atoms with van der Waals surface area (Å²) in [5.74, 6) is -0.0209. The molecule has 1 N–H and O–H groups in total. The molecule has 9 heteroatoms. The highest BCUT2D eigenvalue weighted by Crippen LogP contribution is 2.35. The molecule has 0 spiro atoms. The molecule has 0 saturated heterocycles. The predicted molar refractivity (Wildman–Crippen MR) is 127 cm³/mol. The third-order valence-electron chi connectivity index (χ3n) is 5.23. The summed E-state index contributed by atoms with van der Waals surface area (Å²) < 4.78 is 12.6. The lowest BCUT2D eigenvalue weighted by molar-refractivity contribution is -0.139. The highest BCUT2D eigenvalue weighted by atomic mass is 35.5. The van der Waals surface area contributed by atoms with E-state index in [1.54, 1.807) is 44.2 Å². The quantitative estimate of drug-likeness (QED) is 0.562. The summed E-state index contributed by atoms with van der Waals surface area (Å²) in [6.07, 6.45) is 1.56. The van der Waals surface area contributed by atoms with Gasteiger partial charge in [0, 0.05) is 16.1 Å². The van der Waals surface area contributed by atoms with E-state index in [4.69, 9.17) is 21.1 Å². The number of allylic oxidation sites excluding steroid dienone is 1. The number of nitrogens with zero attached hydrogens (tertiary/aromatic N) is 2. The molecule has 2 heterocycles. The first-order valence-electron chi connectivity index (χ1n) is 10.2. The smallest absolute Gasteiger partial charge is 0.338 e. The largest absolute Gasteiger partial charge is 0.507 e. The van der Waals surface area contributed by atoms with E-state index in [2.05, 4.69) is 4.99 Å². The van der Waals surface area contributed by atoms with Crippen LogP contribution in [-0.4, -0.2) is 29.4 Å². The maximum Gasteiger partial charge on any atom is 0.338 e. The number of halogens is 1. The van der Waals surface area contributed by atoms with Gasteiger partial charge in [0.2, 0.25) is 0 Å². The van der Waals surface area contributed by atoms with Gasteiger partial charge >= 0.3 is 5.97 Å². The average molecular weight is 485 g/mol. The second kappa shape index (κ2) is 9.25. The van der Waals surface area contributed by atoms with Crippen molar-refractivity contribution in [3.63, 3.8) is 0 Å². The monoisotopic (exact) mass is 484 g/mol. The lowest BCUT2D eigenvalue weighted by Crippen LogP contribution is -2.40. The number of aromatic nitrogens is 1. The van der Waals surface area contributed by atoms with Crippen LogP contribution in [0.3, 0.4) is 0 Å². The zero-order valence-electron chi connectivity index (χ0n) is 18.2. The van der Waals surface area contributed by atoms with E-state index >= 15 is 0 Å². The van der Waals surface area contributed by atoms with Crippen LogP contribution in [0, 0.1) is 0 Å². The van der Waals surface area contributed by atoms with E-state index in [1.165, 1.54) is 17.7 Å². The minimum atomic E-state index is -0.786. The van der Waals surface area contributed by atoms with Crippen molar-refractivity contribution in [1.82, 2.24) is 4.57 Å². The Balaban J connectivity index is 2.01. The summed E-state index contributed by atoms with van der Waals surface area (Å²) in [6, 6.07) is 11.0. The first kappa shape index (κ1) is 22.8. The molecule has 4 rings (SSSR count). The van der Waals surface area contributed by atoms with E-state index in [-0.39, 0.29) is 23.5 Å². The molecule has 1 atom stereocenters. The van der Waals surface area contributed by atoms with E-state index in [0.717, 1.165) is 11.3 Å². The average Bonchev–Trinajstić information content (AvgIpc) is 3.10. The van der Waals surface area contributed by atoms with Crippen molar-refractivity contribution in [1.29, 1.82) is 0 Å². The Hall–Kier alpha value is -3.36. The molecular weight excluding hydrogens is 464 g/mol. The number of phenolic OH excluding ortho intramolecular Hbond substituents is 1. The molecule has 0 saturated carbocycles. The molecule has 7 nitrogen and oxygen atoms in total. The van der Waals surface area contributed by atoms with Crippen molar-refractivity contribution in [3.8, 4) is 11.5 Å². The molecule has 0 aliphatic carbocycles. The molecule has 0 unspecified atom stereocenters. The van der Waals surface area contributed by atoms with Crippen LogP contribution in [0.4, 0.5) is 0 Å². The van der Waals surface area contributed by atoms with Crippen molar-refractivity contribution in [2.75, 3.05) is 13.7 Å². The fourth-order valence-corrected chi connectivity index (χ4v) is 4.98. The van der Waals surface area contributed by atoms with Crippen molar-refractivity contribution in [2.24, 2.45) is 4.99 Å². The molecule has 1 aromatic heterocycles. The number of para-hydroxylation sites is 1. The minimum absolute atomic E-state index is 0.00472. The second-order valence-electron chi connectivity index (χ2n) is 7.25. The van der Waals surface area contributed by atoms with Crippen LogP contribution < -0.4 is 19.6 Å². The summed E-state index contributed by atoms with van der Waals surface area (Å²) in [5.41, 5.74) is 1.41. The van der Waals surface area contributed by atoms with Crippen LogP contribution in [-0.2, 0) is 9.53 Å². The number of benzene rings is 2. The molecule has 0 bridgehead atoms. The summed E-state index contributed by atoms with van der Waals surface area (Å²) in [4.78, 5) is 31.5. The molecule has 1 aliphatic heterocycles. The van der Waals surface area contributed by atoms with Crippen LogP contribution >= 0.6 is 22.9 Å². The molecule has 170 valence electrons. The first-order valence-corrected chi connectivity index (χ1v) is 11.4. The number of ether oxygens (including phenoxy) is 2. The van der Waals surface area contributed by atoms with Gasteiger partial charge in [-0.1, -0.05) is 41.1 Å². The molecule has 33 heavy (non-hydrogen) atoms. The van der Waals surface area contributed by atoms with Crippen molar-refractivity contribution < 1.29 is 19.4 Å². The van der Waals surface area contributed by atoms with E-state index < -0.39 is 12.0 Å². The van der Waals surface area contributed by atoms with Crippen LogP contribution in [0.5, 0.6) is 11.5 Å². The maximum atomic E-state index is 13.6. The number of carbonyl (C=O) groups excluding carboxylic acids is 1. The second-order valence-corrected chi connectivity index (χ2v) is 8.69. The van der Waals surface area contributed by atoms with E-state index in [9.17, 15) is 14.7 Å². The van der Waals surface area contributed by atoms with Gasteiger partial charge in [0.25, 0.3) is 5.56 Å². The normalized spacial score (nSPS) is 15.8. The van der Waals surface area contributed by atoms with Crippen LogP contribution in [0.2, 0.25) is 5.02 Å². The van der Waals surface area contributed by atoms with Crippen molar-refractivity contribution in [3.05, 3.63) is 89.6 Å². The van der Waals surface area contributed by atoms with Gasteiger partial charge in [-0.2, -0.15) is 0 Å². The Bertz CT molecular complexity index is 1450. The van der Waals surface area contributed by atoms with E-state index in [1.807, 2.05) is 12.1 Å². The van der Waals surface area contributed by atoms with Crippen LogP contribution in [0.1, 0.15) is 31.0 Å². The first-order chi connectivity index (χ1) is 15.8. The van der Waals surface area contributed by atoms with Gasteiger partial charge in [0.1, 0.15) is 17.5 Å². The van der Waals surface area contributed by atoms with Gasteiger partial charge in [-0.15, -0.1) is 0 Å². The number of thiazole rings is 1. The predicted octanol–water partition coefficient (Wildman–Crippen LogP) is 3.17. The molecular formula is C24H21ClN2O5S. The Morgan fingerprint density at radius 2 is 2.06 bits per heavy atom. The van der Waals surface area contributed by atoms with Crippen LogP contribution in [0.15, 0.2) is 63.5 Å². The summed E-state index contributed by atoms with van der Waals surface area (Å²) >= 11 is 7.22. The van der Waals surface area contributed by atoms with Crippen molar-refractivity contribution in [2.45, 2.75) is 19.9 Å². The molecule has 0 radical (unpaired) electrons. The van der Waals surface area contributed by atoms with Gasteiger partial charge in [-0.05, 0) is 44.2 Å². The standard InChI is InChI=1S/C24H21ClN2O5S/c1-4-32-23(30)20-13(2)26-24-27(21(20)16-7-5-6-8-18(16)31-3)22(29)19(33-24)12-14-11-15(25)9-10-17(14)28/h5-12,21,28H,4H2,1-3H3/b19-12-/t21-/m0/s1. The third-order valence-corrected chi connectivity index (χ3v) is 6.44. The lowest BCUT2D eigenvalue weighted by Gasteiger charge is -2.25. The SMILES string of the molecule is CCOC(=O)C1=C(C)N=c2s/c(=C\c3cc(Cl)ccc3O)c(=O)n2[C@H]1c1ccccc1OC. The van der Waals surface area contributed by atoms with Gasteiger partial charge in [0.15, 0.2) is 4.80 Å². The number of hydrogen-bond acceptors (Lipinski definition) is 7. The van der Waals surface area contributed by atoms with Gasteiger partial charge < -0.3 is 14.6 Å². The number of fused-ring (bicyclic) bond motifs is 1. The fourth-order valence-electron chi connectivity index (χ4n) is 3.76. The van der Waals surface area contributed by atoms with Gasteiger partial charge in [-0.25, -0.2) is 9.79 Å². The maximum absolute atomic E-state index is 13.6. The Kier molecular flexibility index (Phi) is 6.40. The summed E-state index contributed by atoms with van der Waals surface area (Å²) in [6.45, 7) is 3.62. The highest BCUT2D eigenvalue weighted by Gasteiger charge is 2.34. The van der Waals surface area contributed by atoms with Gasteiger partial charge in [-0.3, -0.25) is 9.36 Å². The van der Waals surface area contributed by atoms with Crippen molar-refractivity contribution >= 4 is 35.0 Å². The minimum Gasteiger partial charge on any atom is -0.507 e. The molecule has 3 aromatic rings. The number of carbonyl (C=O) groups is 1. The zero-order chi connectivity index (χ0) is 23.7. The molecule has 0 fully saturated rings.